The van der Waals surface area contributed by atoms with Crippen LogP contribution < -0.4 is 4.74 Å². The van der Waals surface area contributed by atoms with Gasteiger partial charge in [-0.25, -0.2) is 4.98 Å². The molecule has 0 radical (unpaired) electrons. The summed E-state index contributed by atoms with van der Waals surface area (Å²) in [5.74, 6) is 0.133. The summed E-state index contributed by atoms with van der Waals surface area (Å²) in [6, 6.07) is 14.6. The second-order valence-corrected chi connectivity index (χ2v) is 7.94. The number of ketones is 1. The first-order valence-corrected chi connectivity index (χ1v) is 10.3. The molecule has 7 heteroatoms. The minimum absolute atomic E-state index is 0.112. The first-order chi connectivity index (χ1) is 13.1. The Balaban J connectivity index is 1.52. The number of ether oxygens (including phenoxy) is 2. The molecular weight excluding hydrogens is 382 g/mol. The van der Waals surface area contributed by atoms with Crippen LogP contribution in [0.15, 0.2) is 52.9 Å². The number of nitrogens with zero attached hydrogens (tertiary/aromatic N) is 1. The van der Waals surface area contributed by atoms with Gasteiger partial charge in [0.2, 0.25) is 5.78 Å². The van der Waals surface area contributed by atoms with Gasteiger partial charge >= 0.3 is 5.97 Å². The molecule has 0 aliphatic rings. The Morgan fingerprint density at radius 2 is 1.89 bits per heavy atom. The monoisotopic (exact) mass is 401 g/mol. The van der Waals surface area contributed by atoms with Crippen molar-refractivity contribution in [3.63, 3.8) is 0 Å². The van der Waals surface area contributed by atoms with Crippen LogP contribution in [0.2, 0.25) is 0 Å². The number of hydrogen-bond acceptors (Lipinski definition) is 7. The Morgan fingerprint density at radius 1 is 1.15 bits per heavy atom. The molecule has 0 fully saturated rings. The van der Waals surface area contributed by atoms with E-state index in [9.17, 15) is 9.59 Å². The highest BCUT2D eigenvalue weighted by Gasteiger charge is 2.20. The molecule has 0 saturated heterocycles. The maximum absolute atomic E-state index is 12.4. The third-order valence-electron chi connectivity index (χ3n) is 3.72. The van der Waals surface area contributed by atoms with Gasteiger partial charge in [-0.3, -0.25) is 9.59 Å². The Kier molecular flexibility index (Phi) is 6.47. The van der Waals surface area contributed by atoms with Gasteiger partial charge in [-0.15, -0.1) is 11.3 Å². The van der Waals surface area contributed by atoms with Crippen molar-refractivity contribution in [2.24, 2.45) is 0 Å². The molecule has 0 bridgehead atoms. The van der Waals surface area contributed by atoms with Gasteiger partial charge in [0.15, 0.2) is 10.4 Å². The Labute approximate surface area is 165 Å². The molecule has 0 amide bonds. The van der Waals surface area contributed by atoms with Crippen LogP contribution in [0.1, 0.15) is 24.2 Å². The standard InChI is InChI=1S/C20H19NO4S2/c1-3-24-15-10-8-14(9-11-15)19(23)13(2)25-18(22)12-26-20-21-16-6-4-5-7-17(16)27-20/h4-11,13H,3,12H2,1-2H3/t13-/m0/s1. The number of carbonyl (C=O) groups is 2. The van der Waals surface area contributed by atoms with E-state index in [4.69, 9.17) is 9.47 Å². The molecule has 0 N–H and O–H groups in total. The predicted molar refractivity (Wildman–Crippen MR) is 108 cm³/mol. The lowest BCUT2D eigenvalue weighted by Crippen LogP contribution is -2.25. The van der Waals surface area contributed by atoms with Crippen LogP contribution in [0.5, 0.6) is 5.75 Å². The van der Waals surface area contributed by atoms with Crippen molar-refractivity contribution >= 4 is 45.1 Å². The molecule has 5 nitrogen and oxygen atoms in total. The minimum Gasteiger partial charge on any atom is -0.494 e. The lowest BCUT2D eigenvalue weighted by Gasteiger charge is -2.12. The van der Waals surface area contributed by atoms with E-state index in [1.807, 2.05) is 31.2 Å². The number of rotatable bonds is 8. The van der Waals surface area contributed by atoms with Crippen LogP contribution in [0.25, 0.3) is 10.2 Å². The van der Waals surface area contributed by atoms with Crippen LogP contribution >= 0.6 is 23.1 Å². The molecule has 1 heterocycles. The summed E-state index contributed by atoms with van der Waals surface area (Å²) in [6.45, 7) is 4.04. The number of esters is 1. The minimum atomic E-state index is -0.841. The van der Waals surface area contributed by atoms with Gasteiger partial charge < -0.3 is 9.47 Å². The largest absolute Gasteiger partial charge is 0.494 e. The van der Waals surface area contributed by atoms with Crippen molar-refractivity contribution < 1.29 is 19.1 Å². The number of fused-ring (bicyclic) bond motifs is 1. The summed E-state index contributed by atoms with van der Waals surface area (Å²) in [7, 11) is 0. The lowest BCUT2D eigenvalue weighted by atomic mass is 10.1. The molecular formula is C20H19NO4S2. The zero-order chi connectivity index (χ0) is 19.2. The van der Waals surface area contributed by atoms with E-state index in [-0.39, 0.29) is 11.5 Å². The van der Waals surface area contributed by atoms with Gasteiger partial charge in [0.25, 0.3) is 0 Å². The summed E-state index contributed by atoms with van der Waals surface area (Å²) in [4.78, 5) is 28.9. The quantitative estimate of drug-likeness (QED) is 0.312. The van der Waals surface area contributed by atoms with Crippen molar-refractivity contribution in [2.45, 2.75) is 24.3 Å². The Morgan fingerprint density at radius 3 is 2.59 bits per heavy atom. The first kappa shape index (κ1) is 19.4. The Hall–Kier alpha value is -2.38. The molecule has 27 heavy (non-hydrogen) atoms. The zero-order valence-electron chi connectivity index (χ0n) is 15.0. The zero-order valence-corrected chi connectivity index (χ0v) is 16.6. The number of benzene rings is 2. The molecule has 2 aromatic carbocycles. The molecule has 140 valence electrons. The normalized spacial score (nSPS) is 11.9. The molecule has 0 saturated carbocycles. The molecule has 0 unspecified atom stereocenters. The summed E-state index contributed by atoms with van der Waals surface area (Å²) < 4.78 is 12.5. The number of hydrogen-bond donors (Lipinski definition) is 0. The number of thiazole rings is 1. The highest BCUT2D eigenvalue weighted by atomic mass is 32.2. The number of Topliss-reactive ketones (excluding diaryl/α,β-unsaturated/α-hetero) is 1. The third kappa shape index (κ3) is 5.08. The van der Waals surface area contributed by atoms with Gasteiger partial charge in [-0.05, 0) is 50.2 Å². The van der Waals surface area contributed by atoms with E-state index in [2.05, 4.69) is 4.98 Å². The van der Waals surface area contributed by atoms with Crippen molar-refractivity contribution in [2.75, 3.05) is 12.4 Å². The van der Waals surface area contributed by atoms with Gasteiger partial charge in [0.1, 0.15) is 5.75 Å². The summed E-state index contributed by atoms with van der Waals surface area (Å²) in [5, 5.41) is 0. The van der Waals surface area contributed by atoms with Crippen LogP contribution in [0.3, 0.4) is 0 Å². The lowest BCUT2D eigenvalue weighted by molar-refractivity contribution is -0.143. The molecule has 0 aliphatic heterocycles. The van der Waals surface area contributed by atoms with Crippen LogP contribution in [-0.2, 0) is 9.53 Å². The molecule has 3 aromatic rings. The van der Waals surface area contributed by atoms with Gasteiger partial charge in [-0.1, -0.05) is 23.9 Å². The molecule has 3 rings (SSSR count). The van der Waals surface area contributed by atoms with Gasteiger partial charge in [0, 0.05) is 5.56 Å². The summed E-state index contributed by atoms with van der Waals surface area (Å²) >= 11 is 2.85. The van der Waals surface area contributed by atoms with E-state index in [0.29, 0.717) is 17.9 Å². The molecule has 0 aliphatic carbocycles. The second-order valence-electron chi connectivity index (χ2n) is 5.69. The highest BCUT2D eigenvalue weighted by Crippen LogP contribution is 2.29. The maximum Gasteiger partial charge on any atom is 0.317 e. The van der Waals surface area contributed by atoms with E-state index < -0.39 is 12.1 Å². The number of carbonyl (C=O) groups excluding carboxylic acids is 2. The van der Waals surface area contributed by atoms with Crippen LogP contribution in [0.4, 0.5) is 0 Å². The average molecular weight is 402 g/mol. The average Bonchev–Trinajstić information content (AvgIpc) is 3.09. The van der Waals surface area contributed by atoms with Crippen molar-refractivity contribution in [3.8, 4) is 5.75 Å². The first-order valence-electron chi connectivity index (χ1n) is 8.51. The fraction of sp³-hybridized carbons (Fsp3) is 0.250. The van der Waals surface area contributed by atoms with Crippen LogP contribution in [0, 0.1) is 0 Å². The fourth-order valence-corrected chi connectivity index (χ4v) is 4.29. The van der Waals surface area contributed by atoms with Gasteiger partial charge in [0.05, 0.1) is 22.6 Å². The Bertz CT molecular complexity index is 904. The van der Waals surface area contributed by atoms with E-state index >= 15 is 0 Å². The third-order valence-corrected chi connectivity index (χ3v) is 5.87. The maximum atomic E-state index is 12.4. The number of aromatic nitrogens is 1. The van der Waals surface area contributed by atoms with Crippen molar-refractivity contribution in [1.82, 2.24) is 4.98 Å². The summed E-state index contributed by atoms with van der Waals surface area (Å²) in [5.41, 5.74) is 1.40. The van der Waals surface area contributed by atoms with Crippen LogP contribution in [-0.4, -0.2) is 35.2 Å². The smallest absolute Gasteiger partial charge is 0.317 e. The number of thioether (sulfide) groups is 1. The molecule has 1 atom stereocenters. The van der Waals surface area contributed by atoms with Crippen molar-refractivity contribution in [3.05, 3.63) is 54.1 Å². The molecule has 1 aromatic heterocycles. The fourth-order valence-electron chi connectivity index (χ4n) is 2.43. The predicted octanol–water partition coefficient (Wildman–Crippen LogP) is 4.60. The van der Waals surface area contributed by atoms with E-state index in [1.54, 1.807) is 31.2 Å². The molecule has 0 spiro atoms. The summed E-state index contributed by atoms with van der Waals surface area (Å²) in [6.07, 6.45) is -0.841. The number of para-hydroxylation sites is 1. The topological polar surface area (TPSA) is 65.5 Å². The second kappa shape index (κ2) is 9.01. The van der Waals surface area contributed by atoms with Crippen molar-refractivity contribution in [1.29, 1.82) is 0 Å². The highest BCUT2D eigenvalue weighted by molar-refractivity contribution is 8.01. The van der Waals surface area contributed by atoms with Gasteiger partial charge in [-0.2, -0.15) is 0 Å². The SMILES string of the molecule is CCOc1ccc(C(=O)[C@H](C)OC(=O)CSc2nc3ccccc3s2)cc1. The van der Waals surface area contributed by atoms with E-state index in [1.165, 1.54) is 23.1 Å². The van der Waals surface area contributed by atoms with E-state index in [0.717, 1.165) is 14.6 Å².